The molecule has 3 rings (SSSR count). The van der Waals surface area contributed by atoms with Crippen molar-refractivity contribution in [2.24, 2.45) is 5.92 Å². The molecule has 0 aliphatic carbocycles. The summed E-state index contributed by atoms with van der Waals surface area (Å²) in [5, 5.41) is 0. The monoisotopic (exact) mass is 350 g/mol. The lowest BCUT2D eigenvalue weighted by Crippen LogP contribution is -2.39. The summed E-state index contributed by atoms with van der Waals surface area (Å²) < 4.78 is 37.9. The second-order valence-electron chi connectivity index (χ2n) is 6.00. The molecule has 0 amide bonds. The van der Waals surface area contributed by atoms with E-state index in [1.54, 1.807) is 12.3 Å². The van der Waals surface area contributed by atoms with Gasteiger partial charge in [0.05, 0.1) is 5.56 Å². The highest BCUT2D eigenvalue weighted by atomic mass is 19.4. The summed E-state index contributed by atoms with van der Waals surface area (Å²) in [5.74, 6) is 0.369. The van der Waals surface area contributed by atoms with E-state index in [4.69, 9.17) is 5.73 Å². The summed E-state index contributed by atoms with van der Waals surface area (Å²) in [4.78, 5) is 22.6. The summed E-state index contributed by atoms with van der Waals surface area (Å²) in [7, 11) is 0. The van der Waals surface area contributed by atoms with Gasteiger partial charge in [-0.1, -0.05) is 12.1 Å². The fraction of sp³-hybridized carbons (Fsp3) is 0.353. The van der Waals surface area contributed by atoms with E-state index in [1.807, 2.05) is 4.90 Å². The van der Waals surface area contributed by atoms with Crippen molar-refractivity contribution < 1.29 is 18.0 Å². The first-order valence-corrected chi connectivity index (χ1v) is 7.89. The summed E-state index contributed by atoms with van der Waals surface area (Å²) in [6.07, 6.45) is -1.37. The number of nitrogens with two attached hydrogens (primary N) is 1. The Balaban J connectivity index is 1.74. The Kier molecular flexibility index (Phi) is 4.61. The fourth-order valence-corrected chi connectivity index (χ4v) is 3.00. The second kappa shape index (κ2) is 6.70. The third-order valence-electron chi connectivity index (χ3n) is 4.27. The quantitative estimate of drug-likeness (QED) is 0.861. The van der Waals surface area contributed by atoms with Crippen LogP contribution in [0.25, 0.3) is 0 Å². The number of Topliss-reactive ketones (excluding diaryl/α,β-unsaturated/α-hetero) is 1. The van der Waals surface area contributed by atoms with Crippen LogP contribution in [0.2, 0.25) is 0 Å². The Morgan fingerprint density at radius 2 is 1.92 bits per heavy atom. The molecule has 0 unspecified atom stereocenters. The fourth-order valence-electron chi connectivity index (χ4n) is 3.00. The Morgan fingerprint density at radius 1 is 1.20 bits per heavy atom. The Bertz CT molecular complexity index is 761. The van der Waals surface area contributed by atoms with Gasteiger partial charge >= 0.3 is 6.18 Å². The van der Waals surface area contributed by atoms with Crippen LogP contribution in [0.1, 0.15) is 28.8 Å². The SMILES string of the molecule is Nc1nccc(N2CCC[C@@H](C(=O)c3ccc(C(F)(F)F)cc3)C2)n1. The van der Waals surface area contributed by atoms with E-state index in [0.717, 1.165) is 25.1 Å². The van der Waals surface area contributed by atoms with E-state index in [1.165, 1.54) is 12.1 Å². The van der Waals surface area contributed by atoms with Gasteiger partial charge in [0.15, 0.2) is 5.78 Å². The number of ketones is 1. The zero-order valence-corrected chi connectivity index (χ0v) is 13.3. The first kappa shape index (κ1) is 17.2. The zero-order valence-electron chi connectivity index (χ0n) is 13.3. The van der Waals surface area contributed by atoms with Gasteiger partial charge in [-0.25, -0.2) is 4.98 Å². The van der Waals surface area contributed by atoms with Gasteiger partial charge in [-0.15, -0.1) is 0 Å². The average Bonchev–Trinajstić information content (AvgIpc) is 2.60. The predicted octanol–water partition coefficient (Wildman–Crippen LogP) is 3.18. The van der Waals surface area contributed by atoms with E-state index >= 15 is 0 Å². The smallest absolute Gasteiger partial charge is 0.368 e. The number of rotatable bonds is 3. The highest BCUT2D eigenvalue weighted by molar-refractivity contribution is 5.98. The van der Waals surface area contributed by atoms with Crippen LogP contribution in [-0.4, -0.2) is 28.8 Å². The van der Waals surface area contributed by atoms with Crippen LogP contribution >= 0.6 is 0 Å². The minimum absolute atomic E-state index is 0.152. The second-order valence-corrected chi connectivity index (χ2v) is 6.00. The molecule has 0 spiro atoms. The van der Waals surface area contributed by atoms with Crippen molar-refractivity contribution in [3.63, 3.8) is 0 Å². The molecule has 5 nitrogen and oxygen atoms in total. The van der Waals surface area contributed by atoms with Crippen LogP contribution in [-0.2, 0) is 6.18 Å². The molecule has 1 aliphatic heterocycles. The molecule has 0 saturated carbocycles. The number of hydrogen-bond acceptors (Lipinski definition) is 5. The van der Waals surface area contributed by atoms with E-state index in [0.29, 0.717) is 24.3 Å². The minimum Gasteiger partial charge on any atom is -0.368 e. The van der Waals surface area contributed by atoms with Gasteiger partial charge in [0, 0.05) is 30.8 Å². The number of hydrogen-bond donors (Lipinski definition) is 1. The molecule has 1 aromatic carbocycles. The number of benzene rings is 1. The molecule has 25 heavy (non-hydrogen) atoms. The lowest BCUT2D eigenvalue weighted by Gasteiger charge is -2.32. The minimum atomic E-state index is -4.41. The molecular formula is C17H17F3N4O. The number of carbonyl (C=O) groups excluding carboxylic acids is 1. The molecule has 1 atom stereocenters. The van der Waals surface area contributed by atoms with Crippen LogP contribution in [0.15, 0.2) is 36.5 Å². The van der Waals surface area contributed by atoms with Gasteiger partial charge in [-0.2, -0.15) is 18.2 Å². The highest BCUT2D eigenvalue weighted by Gasteiger charge is 2.31. The van der Waals surface area contributed by atoms with Crippen molar-refractivity contribution in [1.82, 2.24) is 9.97 Å². The van der Waals surface area contributed by atoms with Crippen molar-refractivity contribution in [1.29, 1.82) is 0 Å². The van der Waals surface area contributed by atoms with Crippen LogP contribution in [0.5, 0.6) is 0 Å². The van der Waals surface area contributed by atoms with Crippen molar-refractivity contribution in [2.75, 3.05) is 23.7 Å². The molecule has 2 heterocycles. The lowest BCUT2D eigenvalue weighted by atomic mass is 9.89. The van der Waals surface area contributed by atoms with E-state index in [-0.39, 0.29) is 17.6 Å². The van der Waals surface area contributed by atoms with Crippen LogP contribution in [0.4, 0.5) is 24.9 Å². The van der Waals surface area contributed by atoms with Crippen molar-refractivity contribution in [3.8, 4) is 0 Å². The molecule has 1 fully saturated rings. The van der Waals surface area contributed by atoms with E-state index in [9.17, 15) is 18.0 Å². The summed E-state index contributed by atoms with van der Waals surface area (Å²) in [5.41, 5.74) is 5.13. The third-order valence-corrected chi connectivity index (χ3v) is 4.27. The number of anilines is 2. The van der Waals surface area contributed by atoms with Gasteiger partial charge < -0.3 is 10.6 Å². The summed E-state index contributed by atoms with van der Waals surface area (Å²) in [6.45, 7) is 1.20. The molecule has 8 heteroatoms. The van der Waals surface area contributed by atoms with Crippen molar-refractivity contribution in [2.45, 2.75) is 19.0 Å². The molecule has 1 aromatic heterocycles. The van der Waals surface area contributed by atoms with E-state index < -0.39 is 11.7 Å². The largest absolute Gasteiger partial charge is 0.416 e. The normalized spacial score (nSPS) is 18.2. The number of nitrogens with zero attached hydrogens (tertiary/aromatic N) is 3. The number of nitrogen functional groups attached to an aromatic ring is 1. The number of piperidine rings is 1. The van der Waals surface area contributed by atoms with Gasteiger partial charge in [0.1, 0.15) is 5.82 Å². The molecule has 132 valence electrons. The van der Waals surface area contributed by atoms with Gasteiger partial charge in [0.2, 0.25) is 5.95 Å². The first-order valence-electron chi connectivity index (χ1n) is 7.89. The zero-order chi connectivity index (χ0) is 18.0. The first-order chi connectivity index (χ1) is 11.8. The van der Waals surface area contributed by atoms with Gasteiger partial charge in [-0.05, 0) is 31.0 Å². The number of aromatic nitrogens is 2. The van der Waals surface area contributed by atoms with Crippen molar-refractivity contribution in [3.05, 3.63) is 47.7 Å². The summed E-state index contributed by atoms with van der Waals surface area (Å²) >= 11 is 0. The Labute approximate surface area is 142 Å². The average molecular weight is 350 g/mol. The Morgan fingerprint density at radius 3 is 2.56 bits per heavy atom. The molecule has 2 aromatic rings. The standard InChI is InChI=1S/C17H17F3N4O/c18-17(19,20)13-5-3-11(4-6-13)15(25)12-2-1-9-24(10-12)14-7-8-22-16(21)23-14/h3-8,12H,1-2,9-10H2,(H2,21,22,23)/t12-/m1/s1. The number of alkyl halides is 3. The maximum absolute atomic E-state index is 12.6. The topological polar surface area (TPSA) is 72.1 Å². The van der Waals surface area contributed by atoms with Crippen LogP contribution in [0, 0.1) is 5.92 Å². The van der Waals surface area contributed by atoms with Gasteiger partial charge in [0.25, 0.3) is 0 Å². The molecule has 0 radical (unpaired) electrons. The lowest BCUT2D eigenvalue weighted by molar-refractivity contribution is -0.137. The number of halogens is 3. The summed E-state index contributed by atoms with van der Waals surface area (Å²) in [6, 6.07) is 6.10. The van der Waals surface area contributed by atoms with E-state index in [2.05, 4.69) is 9.97 Å². The van der Waals surface area contributed by atoms with Crippen LogP contribution in [0.3, 0.4) is 0 Å². The molecule has 0 bridgehead atoms. The van der Waals surface area contributed by atoms with Crippen molar-refractivity contribution >= 4 is 17.5 Å². The molecule has 1 saturated heterocycles. The van der Waals surface area contributed by atoms with Gasteiger partial charge in [-0.3, -0.25) is 4.79 Å². The molecule has 1 aliphatic rings. The molecule has 2 N–H and O–H groups in total. The number of carbonyl (C=O) groups is 1. The maximum atomic E-state index is 12.6. The van der Waals surface area contributed by atoms with Crippen LogP contribution < -0.4 is 10.6 Å². The highest BCUT2D eigenvalue weighted by Crippen LogP contribution is 2.30. The molecular weight excluding hydrogens is 333 g/mol. The predicted molar refractivity (Wildman–Crippen MR) is 87.2 cm³/mol. The maximum Gasteiger partial charge on any atom is 0.416 e. The third kappa shape index (κ3) is 3.89. The Hall–Kier alpha value is -2.64.